The second-order valence-corrected chi connectivity index (χ2v) is 3.49. The van der Waals surface area contributed by atoms with Gasteiger partial charge in [0, 0.05) is 6.42 Å². The largest absolute Gasteiger partial charge is 0.303 e. The van der Waals surface area contributed by atoms with Gasteiger partial charge in [0.15, 0.2) is 0 Å². The first-order valence-corrected chi connectivity index (χ1v) is 4.14. The Labute approximate surface area is 69.5 Å². The van der Waals surface area contributed by atoms with Gasteiger partial charge < -0.3 is 4.79 Å². The van der Waals surface area contributed by atoms with E-state index in [0.717, 1.165) is 12.7 Å². The number of rotatable bonds is 4. The summed E-state index contributed by atoms with van der Waals surface area (Å²) in [5.74, 6) is 0.502. The molecule has 0 heterocycles. The predicted molar refractivity (Wildman–Crippen MR) is 48.5 cm³/mol. The van der Waals surface area contributed by atoms with E-state index in [2.05, 4.69) is 27.7 Å². The maximum absolute atomic E-state index is 10.2. The summed E-state index contributed by atoms with van der Waals surface area (Å²) in [6.45, 7) is 8.48. The van der Waals surface area contributed by atoms with E-state index in [9.17, 15) is 4.79 Å². The van der Waals surface area contributed by atoms with Crippen molar-refractivity contribution in [1.82, 2.24) is 0 Å². The van der Waals surface area contributed by atoms with E-state index in [4.69, 9.17) is 0 Å². The van der Waals surface area contributed by atoms with Crippen LogP contribution in [-0.4, -0.2) is 6.29 Å². The highest BCUT2D eigenvalue weighted by Crippen LogP contribution is 2.15. The van der Waals surface area contributed by atoms with E-state index in [1.54, 1.807) is 0 Å². The number of hydrogen-bond acceptors (Lipinski definition) is 1. The second-order valence-electron chi connectivity index (χ2n) is 3.49. The third-order valence-electron chi connectivity index (χ3n) is 2.01. The smallest absolute Gasteiger partial charge is 0.120 e. The van der Waals surface area contributed by atoms with Gasteiger partial charge in [0.1, 0.15) is 6.29 Å². The lowest BCUT2D eigenvalue weighted by Crippen LogP contribution is -1.96. The minimum atomic E-state index is 0.502. The van der Waals surface area contributed by atoms with Crippen LogP contribution >= 0.6 is 0 Å². The van der Waals surface area contributed by atoms with Crippen molar-refractivity contribution in [3.05, 3.63) is 11.1 Å². The minimum Gasteiger partial charge on any atom is -0.303 e. The van der Waals surface area contributed by atoms with Gasteiger partial charge in [-0.2, -0.15) is 0 Å². The number of aldehydes is 1. The Morgan fingerprint density at radius 3 is 2.27 bits per heavy atom. The van der Waals surface area contributed by atoms with E-state index in [1.807, 2.05) is 0 Å². The van der Waals surface area contributed by atoms with Gasteiger partial charge >= 0.3 is 0 Å². The molecule has 0 aliphatic carbocycles. The topological polar surface area (TPSA) is 17.1 Å². The molecule has 64 valence electrons. The number of allylic oxidation sites excluding steroid dienone is 2. The van der Waals surface area contributed by atoms with Gasteiger partial charge in [0.25, 0.3) is 0 Å². The van der Waals surface area contributed by atoms with Crippen molar-refractivity contribution in [2.45, 2.75) is 40.5 Å². The molecule has 0 N–H and O–H groups in total. The third-order valence-corrected chi connectivity index (χ3v) is 2.01. The van der Waals surface area contributed by atoms with Gasteiger partial charge in [-0.05, 0) is 33.1 Å². The van der Waals surface area contributed by atoms with Crippen LogP contribution in [0, 0.1) is 5.92 Å². The van der Waals surface area contributed by atoms with Gasteiger partial charge in [-0.15, -0.1) is 0 Å². The van der Waals surface area contributed by atoms with Crippen LogP contribution in [0.5, 0.6) is 0 Å². The molecule has 0 aromatic heterocycles. The minimum absolute atomic E-state index is 0.502. The second kappa shape index (κ2) is 5.11. The monoisotopic (exact) mass is 154 g/mol. The highest BCUT2D eigenvalue weighted by molar-refractivity contribution is 5.49. The van der Waals surface area contributed by atoms with E-state index in [0.29, 0.717) is 12.3 Å². The van der Waals surface area contributed by atoms with Crippen molar-refractivity contribution < 1.29 is 4.79 Å². The summed E-state index contributed by atoms with van der Waals surface area (Å²) >= 11 is 0. The Morgan fingerprint density at radius 2 is 1.91 bits per heavy atom. The van der Waals surface area contributed by atoms with Crippen LogP contribution in [0.15, 0.2) is 11.1 Å². The molecule has 1 heteroatoms. The fourth-order valence-corrected chi connectivity index (χ4v) is 0.974. The van der Waals surface area contributed by atoms with Crippen LogP contribution in [0.25, 0.3) is 0 Å². The lowest BCUT2D eigenvalue weighted by Gasteiger charge is -2.08. The maximum atomic E-state index is 10.2. The molecule has 0 radical (unpaired) electrons. The van der Waals surface area contributed by atoms with Crippen LogP contribution < -0.4 is 0 Å². The van der Waals surface area contributed by atoms with Crippen molar-refractivity contribution in [3.8, 4) is 0 Å². The van der Waals surface area contributed by atoms with E-state index >= 15 is 0 Å². The van der Waals surface area contributed by atoms with Gasteiger partial charge in [-0.25, -0.2) is 0 Å². The summed E-state index contributed by atoms with van der Waals surface area (Å²) in [7, 11) is 0. The fraction of sp³-hybridized carbons (Fsp3) is 0.700. The molecule has 0 aliphatic heterocycles. The van der Waals surface area contributed by atoms with E-state index < -0.39 is 0 Å². The molecule has 1 atom stereocenters. The highest BCUT2D eigenvalue weighted by Gasteiger charge is 2.02. The Kier molecular flexibility index (Phi) is 4.84. The Morgan fingerprint density at radius 1 is 1.36 bits per heavy atom. The van der Waals surface area contributed by atoms with E-state index in [1.165, 1.54) is 11.1 Å². The lowest BCUT2D eigenvalue weighted by atomic mass is 9.97. The number of carbonyl (C=O) groups is 1. The molecular formula is C10H18O. The van der Waals surface area contributed by atoms with Crippen molar-refractivity contribution in [2.75, 3.05) is 0 Å². The first kappa shape index (κ1) is 10.4. The average Bonchev–Trinajstić information content (AvgIpc) is 1.87. The normalized spacial score (nSPS) is 12.4. The summed E-state index contributed by atoms with van der Waals surface area (Å²) in [5.41, 5.74) is 2.79. The molecule has 11 heavy (non-hydrogen) atoms. The molecule has 0 aromatic rings. The molecular weight excluding hydrogens is 136 g/mol. The standard InChI is InChI=1S/C10H18O/c1-8(2)10(4)7-9(3)5-6-11/h6,9H,5,7H2,1-4H3. The van der Waals surface area contributed by atoms with Gasteiger partial charge in [-0.3, -0.25) is 0 Å². The van der Waals surface area contributed by atoms with Gasteiger partial charge in [0.2, 0.25) is 0 Å². The zero-order valence-electron chi connectivity index (χ0n) is 7.98. The van der Waals surface area contributed by atoms with Crippen LogP contribution in [0.4, 0.5) is 0 Å². The average molecular weight is 154 g/mol. The lowest BCUT2D eigenvalue weighted by molar-refractivity contribution is -0.108. The first-order chi connectivity index (χ1) is 5.07. The van der Waals surface area contributed by atoms with Crippen LogP contribution in [-0.2, 0) is 4.79 Å². The molecule has 1 unspecified atom stereocenters. The Balaban J connectivity index is 3.84. The van der Waals surface area contributed by atoms with Crippen molar-refractivity contribution >= 4 is 6.29 Å². The zero-order valence-corrected chi connectivity index (χ0v) is 7.98. The molecule has 0 aliphatic rings. The fourth-order valence-electron chi connectivity index (χ4n) is 0.974. The molecule has 1 nitrogen and oxygen atoms in total. The Bertz CT molecular complexity index is 152. The zero-order chi connectivity index (χ0) is 8.85. The van der Waals surface area contributed by atoms with Crippen LogP contribution in [0.3, 0.4) is 0 Å². The quantitative estimate of drug-likeness (QED) is 0.449. The summed E-state index contributed by atoms with van der Waals surface area (Å²) in [6, 6.07) is 0. The SMILES string of the molecule is CC(C)=C(C)CC(C)CC=O. The number of carbonyl (C=O) groups excluding carboxylic acids is 1. The molecule has 0 amide bonds. The third kappa shape index (κ3) is 4.77. The molecule has 0 fully saturated rings. The maximum Gasteiger partial charge on any atom is 0.120 e. The molecule has 0 bridgehead atoms. The summed E-state index contributed by atoms with van der Waals surface area (Å²) in [4.78, 5) is 10.2. The molecule has 0 saturated carbocycles. The predicted octanol–water partition coefficient (Wildman–Crippen LogP) is 2.96. The summed E-state index contributed by atoms with van der Waals surface area (Å²) in [6.07, 6.45) is 2.74. The van der Waals surface area contributed by atoms with E-state index in [-0.39, 0.29) is 0 Å². The number of hydrogen-bond donors (Lipinski definition) is 0. The van der Waals surface area contributed by atoms with Gasteiger partial charge in [-0.1, -0.05) is 18.1 Å². The highest BCUT2D eigenvalue weighted by atomic mass is 16.1. The molecule has 0 saturated heterocycles. The van der Waals surface area contributed by atoms with Crippen molar-refractivity contribution in [1.29, 1.82) is 0 Å². The van der Waals surface area contributed by atoms with Crippen LogP contribution in [0.1, 0.15) is 40.5 Å². The van der Waals surface area contributed by atoms with Crippen LogP contribution in [0.2, 0.25) is 0 Å². The molecule has 0 spiro atoms. The van der Waals surface area contributed by atoms with Crippen molar-refractivity contribution in [3.63, 3.8) is 0 Å². The Hall–Kier alpha value is -0.590. The van der Waals surface area contributed by atoms with Gasteiger partial charge in [0.05, 0.1) is 0 Å². The molecule has 0 rings (SSSR count). The van der Waals surface area contributed by atoms with Crippen molar-refractivity contribution in [2.24, 2.45) is 5.92 Å². The summed E-state index contributed by atoms with van der Waals surface area (Å²) in [5, 5.41) is 0. The summed E-state index contributed by atoms with van der Waals surface area (Å²) < 4.78 is 0. The first-order valence-electron chi connectivity index (χ1n) is 4.14. The molecule has 0 aromatic carbocycles.